The number of aromatic amines is 1. The van der Waals surface area contributed by atoms with Crippen LogP contribution in [0.5, 0.6) is 0 Å². The van der Waals surface area contributed by atoms with Crippen LogP contribution in [0.1, 0.15) is 18.0 Å². The lowest BCUT2D eigenvalue weighted by Crippen LogP contribution is -2.17. The van der Waals surface area contributed by atoms with Gasteiger partial charge in [-0.05, 0) is 40.0 Å². The third-order valence-electron chi connectivity index (χ3n) is 3.54. The second-order valence-electron chi connectivity index (χ2n) is 4.67. The molecule has 0 radical (unpaired) electrons. The summed E-state index contributed by atoms with van der Waals surface area (Å²) in [7, 11) is 0. The van der Waals surface area contributed by atoms with Gasteiger partial charge in [-0.2, -0.15) is 0 Å². The number of rotatable bonds is 2. The molecule has 1 aliphatic heterocycles. The maximum Gasteiger partial charge on any atom is 0.307 e. The number of carbonyl (C=O) groups is 1. The highest BCUT2D eigenvalue weighted by Gasteiger charge is 2.30. The van der Waals surface area contributed by atoms with Crippen molar-refractivity contribution in [3.8, 4) is 0 Å². The van der Waals surface area contributed by atoms with Crippen molar-refractivity contribution in [2.45, 2.75) is 12.5 Å². The van der Waals surface area contributed by atoms with Gasteiger partial charge in [0.05, 0.1) is 5.92 Å². The Morgan fingerprint density at radius 3 is 3.00 bits per heavy atom. The molecule has 18 heavy (non-hydrogen) atoms. The molecule has 1 saturated heterocycles. The second-order valence-corrected chi connectivity index (χ2v) is 5.53. The van der Waals surface area contributed by atoms with Gasteiger partial charge in [-0.25, -0.2) is 0 Å². The number of benzene rings is 1. The highest BCUT2D eigenvalue weighted by atomic mass is 79.9. The maximum absolute atomic E-state index is 11.0. The maximum atomic E-state index is 11.0. The van der Waals surface area contributed by atoms with E-state index in [0.717, 1.165) is 20.9 Å². The number of hydrogen-bond donors (Lipinski definition) is 3. The molecule has 1 aromatic heterocycles. The van der Waals surface area contributed by atoms with Crippen molar-refractivity contribution >= 4 is 32.8 Å². The minimum Gasteiger partial charge on any atom is -0.481 e. The van der Waals surface area contributed by atoms with Gasteiger partial charge in [0.25, 0.3) is 0 Å². The molecule has 0 saturated carbocycles. The molecule has 94 valence electrons. The monoisotopic (exact) mass is 308 g/mol. The third-order valence-corrected chi connectivity index (χ3v) is 4.19. The Labute approximate surface area is 113 Å². The minimum absolute atomic E-state index is 0.136. The summed E-state index contributed by atoms with van der Waals surface area (Å²) in [6.07, 6.45) is 2.57. The van der Waals surface area contributed by atoms with E-state index >= 15 is 0 Å². The van der Waals surface area contributed by atoms with E-state index in [4.69, 9.17) is 5.11 Å². The van der Waals surface area contributed by atoms with E-state index in [1.165, 1.54) is 0 Å². The Morgan fingerprint density at radius 2 is 2.28 bits per heavy atom. The highest BCUT2D eigenvalue weighted by Crippen LogP contribution is 2.31. The largest absolute Gasteiger partial charge is 0.481 e. The molecule has 0 aliphatic carbocycles. The zero-order valence-corrected chi connectivity index (χ0v) is 11.2. The molecule has 5 heteroatoms. The first-order valence-electron chi connectivity index (χ1n) is 5.88. The smallest absolute Gasteiger partial charge is 0.307 e. The van der Waals surface area contributed by atoms with Crippen molar-refractivity contribution in [3.05, 3.63) is 34.4 Å². The first-order chi connectivity index (χ1) is 8.65. The molecule has 0 spiro atoms. The molecule has 3 N–H and O–H groups in total. The third kappa shape index (κ3) is 1.93. The SMILES string of the molecule is O=C(O)C1CNC(c2ccc3[nH]cc(Br)c3c2)C1. The predicted octanol–water partition coefficient (Wildman–Crippen LogP) is 2.67. The van der Waals surface area contributed by atoms with Gasteiger partial charge in [0.2, 0.25) is 0 Å². The number of carboxylic acid groups (broad SMARTS) is 1. The fraction of sp³-hybridized carbons (Fsp3) is 0.308. The normalized spacial score (nSPS) is 23.6. The lowest BCUT2D eigenvalue weighted by molar-refractivity contribution is -0.141. The van der Waals surface area contributed by atoms with Crippen molar-refractivity contribution in [1.82, 2.24) is 10.3 Å². The minimum atomic E-state index is -0.714. The molecule has 1 aliphatic rings. The van der Waals surface area contributed by atoms with E-state index in [0.29, 0.717) is 13.0 Å². The quantitative estimate of drug-likeness (QED) is 0.799. The average molecular weight is 309 g/mol. The molecule has 0 amide bonds. The Kier molecular flexibility index (Phi) is 2.87. The van der Waals surface area contributed by atoms with Crippen LogP contribution in [0, 0.1) is 5.92 Å². The molecule has 0 bridgehead atoms. The van der Waals surface area contributed by atoms with E-state index < -0.39 is 5.97 Å². The summed E-state index contributed by atoms with van der Waals surface area (Å²) in [6.45, 7) is 0.548. The number of H-pyrrole nitrogens is 1. The highest BCUT2D eigenvalue weighted by molar-refractivity contribution is 9.10. The molecule has 3 rings (SSSR count). The summed E-state index contributed by atoms with van der Waals surface area (Å²) in [5.41, 5.74) is 2.23. The van der Waals surface area contributed by atoms with Gasteiger partial charge in [-0.1, -0.05) is 6.07 Å². The predicted molar refractivity (Wildman–Crippen MR) is 72.5 cm³/mol. The fourth-order valence-electron chi connectivity index (χ4n) is 2.50. The molecule has 2 aromatic rings. The number of halogens is 1. The van der Waals surface area contributed by atoms with E-state index in [1.807, 2.05) is 18.3 Å². The van der Waals surface area contributed by atoms with Crippen LogP contribution in [0.3, 0.4) is 0 Å². The van der Waals surface area contributed by atoms with Crippen LogP contribution in [0.2, 0.25) is 0 Å². The van der Waals surface area contributed by atoms with Crippen LogP contribution in [-0.4, -0.2) is 22.6 Å². The molecule has 2 heterocycles. The molecule has 1 aromatic carbocycles. The van der Waals surface area contributed by atoms with Crippen molar-refractivity contribution < 1.29 is 9.90 Å². The van der Waals surface area contributed by atoms with Crippen LogP contribution >= 0.6 is 15.9 Å². The van der Waals surface area contributed by atoms with Crippen LogP contribution in [0.4, 0.5) is 0 Å². The summed E-state index contributed by atoms with van der Waals surface area (Å²) in [5.74, 6) is -0.991. The first-order valence-corrected chi connectivity index (χ1v) is 6.67. The van der Waals surface area contributed by atoms with Gasteiger partial charge in [-0.3, -0.25) is 4.79 Å². The number of fused-ring (bicyclic) bond motifs is 1. The van der Waals surface area contributed by atoms with Crippen molar-refractivity contribution in [1.29, 1.82) is 0 Å². The number of aromatic nitrogens is 1. The van der Waals surface area contributed by atoms with Crippen molar-refractivity contribution in [2.24, 2.45) is 5.92 Å². The van der Waals surface area contributed by atoms with E-state index in [1.54, 1.807) is 0 Å². The molecule has 2 unspecified atom stereocenters. The summed E-state index contributed by atoms with van der Waals surface area (Å²) >= 11 is 3.50. The van der Waals surface area contributed by atoms with Crippen LogP contribution in [0.25, 0.3) is 10.9 Å². The van der Waals surface area contributed by atoms with Gasteiger partial charge in [0.1, 0.15) is 0 Å². The first kappa shape index (κ1) is 11.7. The van der Waals surface area contributed by atoms with E-state index in [9.17, 15) is 4.79 Å². The average Bonchev–Trinajstić information content (AvgIpc) is 2.96. The van der Waals surface area contributed by atoms with Crippen LogP contribution < -0.4 is 5.32 Å². The van der Waals surface area contributed by atoms with Crippen molar-refractivity contribution in [3.63, 3.8) is 0 Å². The van der Waals surface area contributed by atoms with E-state index in [2.05, 4.69) is 32.3 Å². The Hall–Kier alpha value is -1.33. The Morgan fingerprint density at radius 1 is 1.44 bits per heavy atom. The molecule has 1 fully saturated rings. The lowest BCUT2D eigenvalue weighted by Gasteiger charge is -2.10. The molecule has 2 atom stereocenters. The summed E-state index contributed by atoms with van der Waals surface area (Å²) in [5, 5.41) is 13.4. The van der Waals surface area contributed by atoms with Crippen LogP contribution in [0.15, 0.2) is 28.9 Å². The molecule has 4 nitrogen and oxygen atoms in total. The standard InChI is InChI=1S/C13H13BrN2O2/c14-10-6-16-11-2-1-7(3-9(10)11)12-4-8(5-15-12)13(17)18/h1-3,6,8,12,15-16H,4-5H2,(H,17,18). The fourth-order valence-corrected chi connectivity index (χ4v) is 2.94. The lowest BCUT2D eigenvalue weighted by atomic mass is 9.99. The number of hydrogen-bond acceptors (Lipinski definition) is 2. The summed E-state index contributed by atoms with van der Waals surface area (Å²) < 4.78 is 1.03. The number of nitrogens with one attached hydrogen (secondary N) is 2. The zero-order chi connectivity index (χ0) is 12.7. The van der Waals surface area contributed by atoms with Gasteiger partial charge >= 0.3 is 5.97 Å². The Balaban J connectivity index is 1.91. The van der Waals surface area contributed by atoms with Gasteiger partial charge in [0, 0.05) is 34.2 Å². The molecular formula is C13H13BrN2O2. The number of aliphatic carboxylic acids is 1. The Bertz CT molecular complexity index is 608. The van der Waals surface area contributed by atoms with Crippen LogP contribution in [-0.2, 0) is 4.79 Å². The van der Waals surface area contributed by atoms with E-state index in [-0.39, 0.29) is 12.0 Å². The zero-order valence-electron chi connectivity index (χ0n) is 9.61. The number of carboxylic acids is 1. The summed E-state index contributed by atoms with van der Waals surface area (Å²) in [4.78, 5) is 14.1. The van der Waals surface area contributed by atoms with Gasteiger partial charge < -0.3 is 15.4 Å². The van der Waals surface area contributed by atoms with Crippen molar-refractivity contribution in [2.75, 3.05) is 6.54 Å². The topological polar surface area (TPSA) is 65.1 Å². The molecular weight excluding hydrogens is 296 g/mol. The van der Waals surface area contributed by atoms with Gasteiger partial charge in [-0.15, -0.1) is 0 Å². The van der Waals surface area contributed by atoms with Gasteiger partial charge in [0.15, 0.2) is 0 Å². The summed E-state index contributed by atoms with van der Waals surface area (Å²) in [6, 6.07) is 6.33. The second kappa shape index (κ2) is 4.40.